The lowest BCUT2D eigenvalue weighted by atomic mass is 10.0. The van der Waals surface area contributed by atoms with Crippen LogP contribution in [-0.2, 0) is 4.74 Å². The van der Waals surface area contributed by atoms with Crippen molar-refractivity contribution < 1.29 is 14.1 Å². The Hall–Kier alpha value is -2.14. The van der Waals surface area contributed by atoms with E-state index in [-0.39, 0.29) is 12.0 Å². The molecule has 2 rings (SSSR count). The van der Waals surface area contributed by atoms with Gasteiger partial charge in [-0.3, -0.25) is 4.79 Å². The van der Waals surface area contributed by atoms with Crippen LogP contribution in [0.25, 0.3) is 11.3 Å². The molecule has 0 atom stereocenters. The number of nitrogens with one attached hydrogen (secondary N) is 1. The summed E-state index contributed by atoms with van der Waals surface area (Å²) in [5.74, 6) is 0.322. The molecule has 0 aliphatic carbocycles. The zero-order valence-corrected chi connectivity index (χ0v) is 13.5. The van der Waals surface area contributed by atoms with Crippen LogP contribution >= 0.6 is 0 Å². The molecule has 0 saturated carbocycles. The number of ether oxygens (including phenoxy) is 1. The zero-order valence-electron chi connectivity index (χ0n) is 13.5. The minimum atomic E-state index is -0.190. The fraction of sp³-hybridized carbons (Fsp3) is 0.412. The number of carbonyl (C=O) groups excluding carboxylic acids is 1. The summed E-state index contributed by atoms with van der Waals surface area (Å²) in [6.45, 7) is 8.60. The Balaban J connectivity index is 2.16. The van der Waals surface area contributed by atoms with E-state index in [1.165, 1.54) is 0 Å². The maximum absolute atomic E-state index is 12.4. The Kier molecular flexibility index (Phi) is 5.33. The highest BCUT2D eigenvalue weighted by Crippen LogP contribution is 2.28. The first-order valence-corrected chi connectivity index (χ1v) is 7.42. The van der Waals surface area contributed by atoms with Crippen LogP contribution in [0.1, 0.15) is 35.5 Å². The topological polar surface area (TPSA) is 64.4 Å². The van der Waals surface area contributed by atoms with Gasteiger partial charge in [0.05, 0.1) is 18.4 Å². The fourth-order valence-electron chi connectivity index (χ4n) is 2.20. The number of rotatable bonds is 6. The van der Waals surface area contributed by atoms with E-state index in [1.54, 1.807) is 6.92 Å². The van der Waals surface area contributed by atoms with E-state index in [2.05, 4.69) is 10.5 Å². The maximum Gasteiger partial charge on any atom is 0.257 e. The predicted octanol–water partition coefficient (Wildman–Crippen LogP) is 3.11. The summed E-state index contributed by atoms with van der Waals surface area (Å²) in [4.78, 5) is 12.4. The van der Waals surface area contributed by atoms with Crippen LogP contribution in [0, 0.1) is 13.8 Å². The van der Waals surface area contributed by atoms with E-state index >= 15 is 0 Å². The number of aromatic nitrogens is 1. The van der Waals surface area contributed by atoms with Crippen LogP contribution in [0.4, 0.5) is 0 Å². The lowest BCUT2D eigenvalue weighted by molar-refractivity contribution is 0.0746. The highest BCUT2D eigenvalue weighted by atomic mass is 16.5. The SMILES string of the molecule is Cc1ccccc1-c1onc(C)c1C(=O)NCCOC(C)C. The first-order chi connectivity index (χ1) is 10.5. The Morgan fingerprint density at radius 1 is 1.32 bits per heavy atom. The van der Waals surface area contributed by atoms with Crippen LogP contribution in [0.3, 0.4) is 0 Å². The van der Waals surface area contributed by atoms with Gasteiger partial charge in [-0.1, -0.05) is 29.4 Å². The highest BCUT2D eigenvalue weighted by molar-refractivity contribution is 6.00. The summed E-state index contributed by atoms with van der Waals surface area (Å²) in [5.41, 5.74) is 2.99. The molecular formula is C17H22N2O3. The molecule has 0 fully saturated rings. The first-order valence-electron chi connectivity index (χ1n) is 7.42. The molecule has 5 heteroatoms. The van der Waals surface area contributed by atoms with Gasteiger partial charge in [0.15, 0.2) is 5.76 Å². The average molecular weight is 302 g/mol. The number of benzene rings is 1. The van der Waals surface area contributed by atoms with Crippen molar-refractivity contribution in [2.75, 3.05) is 13.2 Å². The second-order valence-electron chi connectivity index (χ2n) is 5.46. The normalized spacial score (nSPS) is 11.0. The molecule has 2 aromatic rings. The molecule has 0 unspecified atom stereocenters. The van der Waals surface area contributed by atoms with E-state index in [1.807, 2.05) is 45.0 Å². The maximum atomic E-state index is 12.4. The number of nitrogens with zero attached hydrogens (tertiary/aromatic N) is 1. The molecule has 1 aromatic carbocycles. The summed E-state index contributed by atoms with van der Waals surface area (Å²) in [6.07, 6.45) is 0.150. The van der Waals surface area contributed by atoms with Crippen molar-refractivity contribution in [2.24, 2.45) is 0 Å². The van der Waals surface area contributed by atoms with Crippen molar-refractivity contribution in [1.82, 2.24) is 10.5 Å². The van der Waals surface area contributed by atoms with Crippen molar-refractivity contribution in [3.8, 4) is 11.3 Å². The third kappa shape index (κ3) is 3.74. The van der Waals surface area contributed by atoms with Gasteiger partial charge >= 0.3 is 0 Å². The van der Waals surface area contributed by atoms with Gasteiger partial charge < -0.3 is 14.6 Å². The summed E-state index contributed by atoms with van der Waals surface area (Å²) < 4.78 is 10.8. The van der Waals surface area contributed by atoms with Gasteiger partial charge in [0.2, 0.25) is 0 Å². The Morgan fingerprint density at radius 3 is 2.73 bits per heavy atom. The molecule has 0 aliphatic heterocycles. The third-order valence-electron chi connectivity index (χ3n) is 3.32. The quantitative estimate of drug-likeness (QED) is 0.833. The third-order valence-corrected chi connectivity index (χ3v) is 3.32. The van der Waals surface area contributed by atoms with Gasteiger partial charge in [-0.2, -0.15) is 0 Å². The molecule has 5 nitrogen and oxygen atoms in total. The van der Waals surface area contributed by atoms with E-state index in [0.29, 0.717) is 30.2 Å². The molecule has 0 aliphatic rings. The van der Waals surface area contributed by atoms with E-state index < -0.39 is 0 Å². The molecule has 1 aromatic heterocycles. The van der Waals surface area contributed by atoms with E-state index in [9.17, 15) is 4.79 Å². The van der Waals surface area contributed by atoms with Gasteiger partial charge in [-0.05, 0) is 33.3 Å². The monoisotopic (exact) mass is 302 g/mol. The summed E-state index contributed by atoms with van der Waals surface area (Å²) in [7, 11) is 0. The molecule has 118 valence electrons. The lowest BCUT2D eigenvalue weighted by Gasteiger charge is -2.09. The molecule has 0 saturated heterocycles. The van der Waals surface area contributed by atoms with Crippen LogP contribution < -0.4 is 5.32 Å². The summed E-state index contributed by atoms with van der Waals surface area (Å²) in [5, 5.41) is 6.79. The summed E-state index contributed by atoms with van der Waals surface area (Å²) >= 11 is 0. The van der Waals surface area contributed by atoms with E-state index in [0.717, 1.165) is 11.1 Å². The molecule has 1 heterocycles. The second-order valence-corrected chi connectivity index (χ2v) is 5.46. The number of hydrogen-bond donors (Lipinski definition) is 1. The van der Waals surface area contributed by atoms with Crippen molar-refractivity contribution >= 4 is 5.91 Å². The van der Waals surface area contributed by atoms with Crippen LogP contribution in [-0.4, -0.2) is 30.3 Å². The lowest BCUT2D eigenvalue weighted by Crippen LogP contribution is -2.28. The smallest absolute Gasteiger partial charge is 0.257 e. The molecular weight excluding hydrogens is 280 g/mol. The van der Waals surface area contributed by atoms with Crippen LogP contribution in [0.2, 0.25) is 0 Å². The Labute approximate surface area is 130 Å². The number of amides is 1. The highest BCUT2D eigenvalue weighted by Gasteiger charge is 2.22. The molecule has 0 radical (unpaired) electrons. The Bertz CT molecular complexity index is 647. The standard InChI is InChI=1S/C17H22N2O3/c1-11(2)21-10-9-18-17(20)15-13(4)19-22-16(15)14-8-6-5-7-12(14)3/h5-8,11H,9-10H2,1-4H3,(H,18,20). The summed E-state index contributed by atoms with van der Waals surface area (Å²) in [6, 6.07) is 7.77. The number of aryl methyl sites for hydroxylation is 2. The van der Waals surface area contributed by atoms with Gasteiger partial charge in [0.25, 0.3) is 5.91 Å². The minimum absolute atomic E-state index is 0.150. The van der Waals surface area contributed by atoms with Crippen molar-refractivity contribution in [3.63, 3.8) is 0 Å². The van der Waals surface area contributed by atoms with E-state index in [4.69, 9.17) is 9.26 Å². The fourth-order valence-corrected chi connectivity index (χ4v) is 2.20. The van der Waals surface area contributed by atoms with Crippen molar-refractivity contribution in [2.45, 2.75) is 33.8 Å². The van der Waals surface area contributed by atoms with Crippen molar-refractivity contribution in [1.29, 1.82) is 0 Å². The van der Waals surface area contributed by atoms with Gasteiger partial charge in [-0.15, -0.1) is 0 Å². The van der Waals surface area contributed by atoms with Gasteiger partial charge in [0.1, 0.15) is 5.56 Å². The second kappa shape index (κ2) is 7.22. The molecule has 0 spiro atoms. The minimum Gasteiger partial charge on any atom is -0.377 e. The van der Waals surface area contributed by atoms with Crippen molar-refractivity contribution in [3.05, 3.63) is 41.1 Å². The van der Waals surface area contributed by atoms with Gasteiger partial charge in [-0.25, -0.2) is 0 Å². The Morgan fingerprint density at radius 2 is 2.05 bits per heavy atom. The number of carbonyl (C=O) groups is 1. The van der Waals surface area contributed by atoms with Gasteiger partial charge in [0, 0.05) is 12.1 Å². The zero-order chi connectivity index (χ0) is 16.1. The average Bonchev–Trinajstić information content (AvgIpc) is 2.85. The predicted molar refractivity (Wildman–Crippen MR) is 84.8 cm³/mol. The molecule has 1 amide bonds. The first kappa shape index (κ1) is 16.2. The molecule has 1 N–H and O–H groups in total. The number of hydrogen-bond acceptors (Lipinski definition) is 4. The molecule has 22 heavy (non-hydrogen) atoms. The molecule has 0 bridgehead atoms. The van der Waals surface area contributed by atoms with Crippen LogP contribution in [0.15, 0.2) is 28.8 Å². The largest absolute Gasteiger partial charge is 0.377 e. The van der Waals surface area contributed by atoms with Crippen LogP contribution in [0.5, 0.6) is 0 Å².